The summed E-state index contributed by atoms with van der Waals surface area (Å²) in [7, 11) is 0. The molecule has 2 N–H and O–H groups in total. The lowest BCUT2D eigenvalue weighted by Crippen LogP contribution is -2.58. The zero-order chi connectivity index (χ0) is 25.3. The van der Waals surface area contributed by atoms with E-state index in [4.69, 9.17) is 19.9 Å². The highest BCUT2D eigenvalue weighted by atomic mass is 16.5. The molecule has 0 aromatic heterocycles. The summed E-state index contributed by atoms with van der Waals surface area (Å²) in [6.07, 6.45) is 9.25. The Balaban J connectivity index is 1.63. The van der Waals surface area contributed by atoms with Crippen molar-refractivity contribution in [3.63, 3.8) is 0 Å². The average molecular weight is 497 g/mol. The predicted octanol–water partition coefficient (Wildman–Crippen LogP) is 3.35. The van der Waals surface area contributed by atoms with E-state index in [0.717, 1.165) is 110 Å². The third kappa shape index (κ3) is 9.20. The number of ether oxygens (including phenoxy) is 3. The van der Waals surface area contributed by atoms with E-state index in [0.29, 0.717) is 30.5 Å². The number of morpholine rings is 3. The van der Waals surface area contributed by atoms with Crippen molar-refractivity contribution in [3.05, 3.63) is 0 Å². The molecule has 0 amide bonds. The number of hydrogen-bond donors (Lipinski definition) is 1. The second-order valence-electron chi connectivity index (χ2n) is 11.4. The molecule has 0 saturated carbocycles. The maximum absolute atomic E-state index is 7.32. The second kappa shape index (κ2) is 14.6. The molecule has 0 aromatic rings. The van der Waals surface area contributed by atoms with Crippen LogP contribution in [-0.4, -0.2) is 116 Å². The fourth-order valence-corrected chi connectivity index (χ4v) is 5.94. The molecule has 5 unspecified atom stereocenters. The first kappa shape index (κ1) is 29.3. The quantitative estimate of drug-likeness (QED) is 0.419. The largest absolute Gasteiger partial charge is 0.376 e. The number of rotatable bonds is 13. The third-order valence-corrected chi connectivity index (χ3v) is 8.51. The van der Waals surface area contributed by atoms with Gasteiger partial charge in [-0.3, -0.25) is 14.7 Å². The van der Waals surface area contributed by atoms with E-state index in [1.807, 2.05) is 0 Å². The minimum absolute atomic E-state index is 0.195. The Kier molecular flexibility index (Phi) is 12.2. The van der Waals surface area contributed by atoms with E-state index >= 15 is 0 Å². The van der Waals surface area contributed by atoms with Crippen molar-refractivity contribution in [1.29, 1.82) is 0 Å². The van der Waals surface area contributed by atoms with Gasteiger partial charge < -0.3 is 19.9 Å². The van der Waals surface area contributed by atoms with Gasteiger partial charge in [-0.05, 0) is 44.9 Å². The summed E-state index contributed by atoms with van der Waals surface area (Å²) in [6.45, 7) is 21.3. The lowest BCUT2D eigenvalue weighted by atomic mass is 9.90. The molecule has 0 aliphatic carbocycles. The lowest BCUT2D eigenvalue weighted by Gasteiger charge is -2.44. The van der Waals surface area contributed by atoms with Crippen molar-refractivity contribution in [2.24, 2.45) is 5.73 Å². The van der Waals surface area contributed by atoms with E-state index in [1.165, 1.54) is 0 Å². The number of nitrogens with zero attached hydrogens (tertiary/aromatic N) is 3. The lowest BCUT2D eigenvalue weighted by molar-refractivity contribution is -0.0917. The van der Waals surface area contributed by atoms with Crippen LogP contribution in [0.2, 0.25) is 0 Å². The van der Waals surface area contributed by atoms with Gasteiger partial charge in [-0.15, -0.1) is 0 Å². The van der Waals surface area contributed by atoms with E-state index in [9.17, 15) is 0 Å². The van der Waals surface area contributed by atoms with E-state index < -0.39 is 0 Å². The van der Waals surface area contributed by atoms with Gasteiger partial charge in [-0.25, -0.2) is 0 Å². The molecule has 3 heterocycles. The van der Waals surface area contributed by atoms with Crippen LogP contribution >= 0.6 is 0 Å². The van der Waals surface area contributed by atoms with Gasteiger partial charge in [0.25, 0.3) is 0 Å². The molecule has 3 fully saturated rings. The molecule has 7 nitrogen and oxygen atoms in total. The molecule has 3 aliphatic rings. The van der Waals surface area contributed by atoms with Crippen LogP contribution in [0.3, 0.4) is 0 Å². The fraction of sp³-hybridized carbons (Fsp3) is 1.00. The van der Waals surface area contributed by atoms with Crippen molar-refractivity contribution >= 4 is 0 Å². The Labute approximate surface area is 216 Å². The maximum atomic E-state index is 7.32. The summed E-state index contributed by atoms with van der Waals surface area (Å²) < 4.78 is 18.4. The highest BCUT2D eigenvalue weighted by molar-refractivity contribution is 4.92. The zero-order valence-corrected chi connectivity index (χ0v) is 23.6. The van der Waals surface area contributed by atoms with Crippen LogP contribution in [0, 0.1) is 0 Å². The molecule has 3 rings (SSSR count). The minimum Gasteiger partial charge on any atom is -0.376 e. The van der Waals surface area contributed by atoms with Crippen molar-refractivity contribution in [1.82, 2.24) is 14.7 Å². The fourth-order valence-electron chi connectivity index (χ4n) is 5.94. The van der Waals surface area contributed by atoms with Crippen molar-refractivity contribution in [2.75, 3.05) is 65.5 Å². The minimum atomic E-state index is -0.195. The van der Waals surface area contributed by atoms with Crippen molar-refractivity contribution < 1.29 is 14.2 Å². The van der Waals surface area contributed by atoms with Gasteiger partial charge in [0, 0.05) is 64.4 Å². The molecule has 0 radical (unpaired) electrons. The van der Waals surface area contributed by atoms with Crippen LogP contribution in [0.25, 0.3) is 0 Å². The number of hydrogen-bond acceptors (Lipinski definition) is 7. The van der Waals surface area contributed by atoms with Crippen LogP contribution in [0.1, 0.15) is 79.6 Å². The van der Waals surface area contributed by atoms with Crippen LogP contribution in [0.5, 0.6) is 0 Å². The SMILES string of the molecule is CCC1CN(CC(N)(CCN2CC(CC)OC(CC)C2)CCN2CC(CC)OC(CC)C2)CCO1. The summed E-state index contributed by atoms with van der Waals surface area (Å²) in [6, 6.07) is 0. The van der Waals surface area contributed by atoms with E-state index in [2.05, 4.69) is 49.3 Å². The molecule has 3 aliphatic heterocycles. The molecule has 3 saturated heterocycles. The topological polar surface area (TPSA) is 63.4 Å². The molecule has 0 spiro atoms. The molecule has 35 heavy (non-hydrogen) atoms. The molecule has 7 heteroatoms. The van der Waals surface area contributed by atoms with Crippen molar-refractivity contribution in [3.8, 4) is 0 Å². The molecule has 0 aromatic carbocycles. The Morgan fingerprint density at radius 1 is 0.629 bits per heavy atom. The van der Waals surface area contributed by atoms with E-state index in [-0.39, 0.29) is 5.54 Å². The van der Waals surface area contributed by atoms with Crippen LogP contribution in [-0.2, 0) is 14.2 Å². The molecular weight excluding hydrogens is 440 g/mol. The normalized spacial score (nSPS) is 33.6. The van der Waals surface area contributed by atoms with Gasteiger partial charge in [0.2, 0.25) is 0 Å². The van der Waals surface area contributed by atoms with Gasteiger partial charge >= 0.3 is 0 Å². The first-order valence-electron chi connectivity index (χ1n) is 14.8. The van der Waals surface area contributed by atoms with Gasteiger partial charge in [0.05, 0.1) is 37.1 Å². The van der Waals surface area contributed by atoms with Crippen LogP contribution < -0.4 is 5.73 Å². The highest BCUT2D eigenvalue weighted by Gasteiger charge is 2.34. The Morgan fingerprint density at radius 3 is 1.43 bits per heavy atom. The Morgan fingerprint density at radius 2 is 1.03 bits per heavy atom. The maximum Gasteiger partial charge on any atom is 0.0703 e. The van der Waals surface area contributed by atoms with Gasteiger partial charge in [-0.2, -0.15) is 0 Å². The standard InChI is InChI=1S/C28H56N4O3/c1-6-23-17-32(15-16-33-23)22-28(29,11-13-30-18-24(7-2)34-25(8-3)19-30)12-14-31-20-26(9-4)35-27(10-5)21-31/h23-27H,6-22,29H2,1-5H3. The van der Waals surface area contributed by atoms with Gasteiger partial charge in [0.1, 0.15) is 0 Å². The third-order valence-electron chi connectivity index (χ3n) is 8.51. The highest BCUT2D eigenvalue weighted by Crippen LogP contribution is 2.23. The summed E-state index contributed by atoms with van der Waals surface area (Å²) in [5.41, 5.74) is 7.13. The molecule has 206 valence electrons. The molecule has 0 bridgehead atoms. The predicted molar refractivity (Wildman–Crippen MR) is 144 cm³/mol. The zero-order valence-electron chi connectivity index (χ0n) is 23.6. The smallest absolute Gasteiger partial charge is 0.0703 e. The Hall–Kier alpha value is -0.280. The average Bonchev–Trinajstić information content (AvgIpc) is 2.90. The van der Waals surface area contributed by atoms with Gasteiger partial charge in [0.15, 0.2) is 0 Å². The number of nitrogens with two attached hydrogens (primary N) is 1. The first-order chi connectivity index (χ1) is 16.9. The van der Waals surface area contributed by atoms with Crippen molar-refractivity contribution in [2.45, 2.75) is 116 Å². The summed E-state index contributed by atoms with van der Waals surface area (Å²) in [4.78, 5) is 7.82. The molecule has 5 atom stereocenters. The summed E-state index contributed by atoms with van der Waals surface area (Å²) >= 11 is 0. The second-order valence-corrected chi connectivity index (χ2v) is 11.4. The summed E-state index contributed by atoms with van der Waals surface area (Å²) in [5.74, 6) is 0. The Bertz CT molecular complexity index is 537. The van der Waals surface area contributed by atoms with Crippen LogP contribution in [0.15, 0.2) is 0 Å². The van der Waals surface area contributed by atoms with Crippen LogP contribution in [0.4, 0.5) is 0 Å². The van der Waals surface area contributed by atoms with Gasteiger partial charge in [-0.1, -0.05) is 34.6 Å². The molecular formula is C28H56N4O3. The monoisotopic (exact) mass is 496 g/mol. The van der Waals surface area contributed by atoms with E-state index in [1.54, 1.807) is 0 Å². The first-order valence-corrected chi connectivity index (χ1v) is 14.8. The summed E-state index contributed by atoms with van der Waals surface area (Å²) in [5, 5.41) is 0.